The van der Waals surface area contributed by atoms with Crippen LogP contribution < -0.4 is 5.32 Å². The first kappa shape index (κ1) is 12.9. The highest BCUT2D eigenvalue weighted by atomic mass is 35.5. The van der Waals surface area contributed by atoms with E-state index in [1.807, 2.05) is 0 Å². The average molecular weight is 283 g/mol. The Morgan fingerprint density at radius 3 is 3.05 bits per heavy atom. The Kier molecular flexibility index (Phi) is 3.46. The molecule has 102 valence electrons. The van der Waals surface area contributed by atoms with Gasteiger partial charge in [-0.15, -0.1) is 0 Å². The Labute approximate surface area is 116 Å². The number of fused-ring (bicyclic) bond motifs is 1. The van der Waals surface area contributed by atoms with E-state index in [4.69, 9.17) is 11.6 Å². The molecule has 0 bridgehead atoms. The highest BCUT2D eigenvalue weighted by molar-refractivity contribution is 6.31. The van der Waals surface area contributed by atoms with Crippen LogP contribution in [0.25, 0.3) is 0 Å². The monoisotopic (exact) mass is 282 g/mol. The summed E-state index contributed by atoms with van der Waals surface area (Å²) in [4.78, 5) is 14.1. The zero-order valence-corrected chi connectivity index (χ0v) is 11.3. The lowest BCUT2D eigenvalue weighted by Crippen LogP contribution is -2.41. The second-order valence-electron chi connectivity index (χ2n) is 5.27. The van der Waals surface area contributed by atoms with Crippen LogP contribution in [0, 0.1) is 11.7 Å². The number of nitrogens with zero attached hydrogens (tertiary/aromatic N) is 1. The normalized spacial score (nSPS) is 26.3. The van der Waals surface area contributed by atoms with E-state index in [2.05, 4.69) is 5.32 Å². The number of halogens is 2. The lowest BCUT2D eigenvalue weighted by molar-refractivity contribution is 0.0781. The van der Waals surface area contributed by atoms with Crippen molar-refractivity contribution in [1.82, 2.24) is 10.2 Å². The van der Waals surface area contributed by atoms with Gasteiger partial charge < -0.3 is 10.2 Å². The number of carbonyl (C=O) groups is 1. The Bertz CT molecular complexity index is 494. The van der Waals surface area contributed by atoms with Crippen molar-refractivity contribution in [3.8, 4) is 0 Å². The molecule has 5 heteroatoms. The van der Waals surface area contributed by atoms with Crippen molar-refractivity contribution in [2.24, 2.45) is 5.92 Å². The average Bonchev–Trinajstić information content (AvgIpc) is 2.85. The predicted molar refractivity (Wildman–Crippen MR) is 71.8 cm³/mol. The number of hydrogen-bond donors (Lipinski definition) is 1. The minimum atomic E-state index is -0.614. The summed E-state index contributed by atoms with van der Waals surface area (Å²) in [5.74, 6) is -0.367. The van der Waals surface area contributed by atoms with Gasteiger partial charge in [-0.05, 0) is 37.4 Å². The molecule has 19 heavy (non-hydrogen) atoms. The van der Waals surface area contributed by atoms with Crippen LogP contribution in [0.1, 0.15) is 23.2 Å². The topological polar surface area (TPSA) is 32.3 Å². The van der Waals surface area contributed by atoms with Gasteiger partial charge in [-0.3, -0.25) is 4.79 Å². The summed E-state index contributed by atoms with van der Waals surface area (Å²) in [6.45, 7) is 2.38. The summed E-state index contributed by atoms with van der Waals surface area (Å²) in [7, 11) is 0. The molecule has 0 spiro atoms. The van der Waals surface area contributed by atoms with Crippen LogP contribution in [-0.2, 0) is 0 Å². The second kappa shape index (κ2) is 5.10. The largest absolute Gasteiger partial charge is 0.337 e. The van der Waals surface area contributed by atoms with Crippen molar-refractivity contribution in [2.45, 2.75) is 18.9 Å². The van der Waals surface area contributed by atoms with Gasteiger partial charge in [0.2, 0.25) is 0 Å². The zero-order valence-electron chi connectivity index (χ0n) is 10.5. The lowest BCUT2D eigenvalue weighted by atomic mass is 9.94. The van der Waals surface area contributed by atoms with E-state index < -0.39 is 5.82 Å². The lowest BCUT2D eigenvalue weighted by Gasteiger charge is -2.24. The molecule has 2 aliphatic heterocycles. The van der Waals surface area contributed by atoms with Crippen LogP contribution in [-0.4, -0.2) is 36.5 Å². The summed E-state index contributed by atoms with van der Waals surface area (Å²) < 4.78 is 13.9. The SMILES string of the molecule is O=C(c1cccc(Cl)c1F)N1C[C@@H]2CCCN[C@@H]2C1. The smallest absolute Gasteiger partial charge is 0.256 e. The van der Waals surface area contributed by atoms with Crippen molar-refractivity contribution in [2.75, 3.05) is 19.6 Å². The van der Waals surface area contributed by atoms with Gasteiger partial charge in [-0.25, -0.2) is 4.39 Å². The van der Waals surface area contributed by atoms with E-state index in [0.29, 0.717) is 25.0 Å². The van der Waals surface area contributed by atoms with Crippen molar-refractivity contribution < 1.29 is 9.18 Å². The fourth-order valence-electron chi connectivity index (χ4n) is 3.05. The number of carbonyl (C=O) groups excluding carboxylic acids is 1. The summed E-state index contributed by atoms with van der Waals surface area (Å²) >= 11 is 5.73. The van der Waals surface area contributed by atoms with E-state index in [-0.39, 0.29) is 16.5 Å². The van der Waals surface area contributed by atoms with Gasteiger partial charge in [-0.1, -0.05) is 17.7 Å². The molecule has 3 nitrogen and oxygen atoms in total. The predicted octanol–water partition coefficient (Wildman–Crippen LogP) is 2.30. The molecule has 3 rings (SSSR count). The number of amides is 1. The van der Waals surface area contributed by atoms with Crippen LogP contribution in [0.4, 0.5) is 4.39 Å². The minimum Gasteiger partial charge on any atom is -0.337 e. The third-order valence-corrected chi connectivity index (χ3v) is 4.36. The number of hydrogen-bond acceptors (Lipinski definition) is 2. The van der Waals surface area contributed by atoms with Gasteiger partial charge in [0.25, 0.3) is 5.91 Å². The van der Waals surface area contributed by atoms with Crippen LogP contribution >= 0.6 is 11.6 Å². The first-order valence-corrected chi connectivity index (χ1v) is 7.01. The molecule has 0 aromatic heterocycles. The molecular formula is C14H16ClFN2O. The molecule has 0 saturated carbocycles. The highest BCUT2D eigenvalue weighted by Gasteiger charge is 2.37. The fraction of sp³-hybridized carbons (Fsp3) is 0.500. The number of piperidine rings is 1. The summed E-state index contributed by atoms with van der Waals surface area (Å²) in [5, 5.41) is 3.43. The molecule has 0 aliphatic carbocycles. The fourth-order valence-corrected chi connectivity index (χ4v) is 3.23. The summed E-state index contributed by atoms with van der Waals surface area (Å²) in [6.07, 6.45) is 2.29. The van der Waals surface area contributed by atoms with Gasteiger partial charge in [0, 0.05) is 19.1 Å². The molecule has 1 amide bonds. The number of benzene rings is 1. The van der Waals surface area contributed by atoms with Crippen LogP contribution in [0.5, 0.6) is 0 Å². The molecule has 0 radical (unpaired) electrons. The number of likely N-dealkylation sites (tertiary alicyclic amines) is 1. The van der Waals surface area contributed by atoms with Crippen molar-refractivity contribution in [3.63, 3.8) is 0 Å². The molecule has 2 saturated heterocycles. The van der Waals surface area contributed by atoms with Gasteiger partial charge >= 0.3 is 0 Å². The highest BCUT2D eigenvalue weighted by Crippen LogP contribution is 2.27. The standard InChI is InChI=1S/C14H16ClFN2O/c15-11-5-1-4-10(13(11)16)14(19)18-7-9-3-2-6-17-12(9)8-18/h1,4-5,9,12,17H,2-3,6-8H2/t9-,12+/m0/s1. The minimum absolute atomic E-state index is 0.000545. The van der Waals surface area contributed by atoms with Crippen LogP contribution in [0.2, 0.25) is 5.02 Å². The third kappa shape index (κ3) is 2.35. The van der Waals surface area contributed by atoms with E-state index in [0.717, 1.165) is 19.4 Å². The maximum Gasteiger partial charge on any atom is 0.256 e. The quantitative estimate of drug-likeness (QED) is 0.857. The van der Waals surface area contributed by atoms with Gasteiger partial charge in [0.05, 0.1) is 10.6 Å². The first-order chi connectivity index (χ1) is 9.16. The Morgan fingerprint density at radius 1 is 1.42 bits per heavy atom. The molecule has 1 N–H and O–H groups in total. The zero-order chi connectivity index (χ0) is 13.4. The van der Waals surface area contributed by atoms with Crippen LogP contribution in [0.3, 0.4) is 0 Å². The summed E-state index contributed by atoms with van der Waals surface area (Å²) in [5.41, 5.74) is 0.0751. The molecule has 1 aromatic rings. The molecule has 2 aliphatic rings. The Hall–Kier alpha value is -1.13. The molecular weight excluding hydrogens is 267 g/mol. The molecule has 1 aromatic carbocycles. The van der Waals surface area contributed by atoms with Crippen molar-refractivity contribution >= 4 is 17.5 Å². The Balaban J connectivity index is 1.79. The van der Waals surface area contributed by atoms with Gasteiger partial charge in [-0.2, -0.15) is 0 Å². The first-order valence-electron chi connectivity index (χ1n) is 6.63. The van der Waals surface area contributed by atoms with E-state index in [1.54, 1.807) is 11.0 Å². The molecule has 2 fully saturated rings. The molecule has 2 heterocycles. The summed E-state index contributed by atoms with van der Waals surface area (Å²) in [6, 6.07) is 4.93. The third-order valence-electron chi connectivity index (χ3n) is 4.07. The maximum atomic E-state index is 13.9. The van der Waals surface area contributed by atoms with Gasteiger partial charge in [0.1, 0.15) is 0 Å². The number of nitrogens with one attached hydrogen (secondary N) is 1. The van der Waals surface area contributed by atoms with Crippen molar-refractivity contribution in [3.05, 3.63) is 34.6 Å². The maximum absolute atomic E-state index is 13.9. The molecule has 0 unspecified atom stereocenters. The van der Waals surface area contributed by atoms with E-state index >= 15 is 0 Å². The molecule has 2 atom stereocenters. The van der Waals surface area contributed by atoms with Crippen molar-refractivity contribution in [1.29, 1.82) is 0 Å². The number of rotatable bonds is 1. The Morgan fingerprint density at radius 2 is 2.26 bits per heavy atom. The van der Waals surface area contributed by atoms with Gasteiger partial charge in [0.15, 0.2) is 5.82 Å². The van der Waals surface area contributed by atoms with E-state index in [1.165, 1.54) is 12.1 Å². The second-order valence-corrected chi connectivity index (χ2v) is 5.68. The van der Waals surface area contributed by atoms with E-state index in [9.17, 15) is 9.18 Å². The van der Waals surface area contributed by atoms with Crippen LogP contribution in [0.15, 0.2) is 18.2 Å².